The second-order valence-corrected chi connectivity index (χ2v) is 6.43. The minimum Gasteiger partial charge on any atom is -0.327 e. The highest BCUT2D eigenvalue weighted by Crippen LogP contribution is 2.25. The van der Waals surface area contributed by atoms with E-state index in [2.05, 4.69) is 14.5 Å². The summed E-state index contributed by atoms with van der Waals surface area (Å²) in [6, 6.07) is 4.73. The summed E-state index contributed by atoms with van der Waals surface area (Å²) in [7, 11) is 0. The molecule has 0 N–H and O–H groups in total. The zero-order chi connectivity index (χ0) is 14.8. The average Bonchev–Trinajstić information content (AvgIpc) is 3.07. The Hall–Kier alpha value is -1.13. The van der Waals surface area contributed by atoms with Gasteiger partial charge in [-0.1, -0.05) is 0 Å². The molecule has 0 bridgehead atoms. The number of hydrogen-bond donors (Lipinski definition) is 0. The topological polar surface area (TPSA) is 21.1 Å². The molecule has 5 heteroatoms. The molecule has 1 saturated heterocycles. The number of rotatable bonds is 5. The quantitative estimate of drug-likeness (QED) is 0.780. The number of halogens is 2. The highest BCUT2D eigenvalue weighted by molar-refractivity contribution is 6.20. The summed E-state index contributed by atoms with van der Waals surface area (Å²) in [6.07, 6.45) is 3.66. The second kappa shape index (κ2) is 6.32. The maximum Gasteiger partial charge on any atom is 0.127 e. The first-order valence-electron chi connectivity index (χ1n) is 7.67. The summed E-state index contributed by atoms with van der Waals surface area (Å²) in [5.74, 6) is 0.607. The summed E-state index contributed by atoms with van der Waals surface area (Å²) < 4.78 is 15.6. The van der Waals surface area contributed by atoms with E-state index in [9.17, 15) is 4.39 Å². The Morgan fingerprint density at radius 2 is 2.05 bits per heavy atom. The van der Waals surface area contributed by atoms with Gasteiger partial charge >= 0.3 is 0 Å². The van der Waals surface area contributed by atoms with Crippen molar-refractivity contribution < 1.29 is 4.39 Å². The number of likely N-dealkylation sites (tertiary alicyclic amines) is 1. The van der Waals surface area contributed by atoms with E-state index in [1.165, 1.54) is 32.0 Å². The smallest absolute Gasteiger partial charge is 0.127 e. The predicted molar refractivity (Wildman–Crippen MR) is 84.3 cm³/mol. The molecule has 1 unspecified atom stereocenters. The Morgan fingerprint density at radius 3 is 2.76 bits per heavy atom. The van der Waals surface area contributed by atoms with Crippen molar-refractivity contribution in [3.05, 3.63) is 29.8 Å². The van der Waals surface area contributed by atoms with Crippen LogP contribution in [0.5, 0.6) is 0 Å². The van der Waals surface area contributed by atoms with Gasteiger partial charge in [0.05, 0.1) is 16.4 Å². The van der Waals surface area contributed by atoms with Gasteiger partial charge < -0.3 is 9.47 Å². The van der Waals surface area contributed by atoms with Crippen molar-refractivity contribution in [1.29, 1.82) is 0 Å². The Kier molecular flexibility index (Phi) is 4.45. The van der Waals surface area contributed by atoms with Gasteiger partial charge in [-0.25, -0.2) is 9.37 Å². The van der Waals surface area contributed by atoms with Crippen LogP contribution in [-0.2, 0) is 6.54 Å². The van der Waals surface area contributed by atoms with Crippen LogP contribution in [0.15, 0.2) is 18.2 Å². The molecule has 1 atom stereocenters. The highest BCUT2D eigenvalue weighted by atomic mass is 35.5. The average molecular weight is 310 g/mol. The molecule has 21 heavy (non-hydrogen) atoms. The Morgan fingerprint density at radius 1 is 1.29 bits per heavy atom. The number of fused-ring (bicyclic) bond motifs is 1. The lowest BCUT2D eigenvalue weighted by atomic mass is 10.3. The first kappa shape index (κ1) is 14.8. The third-order valence-electron chi connectivity index (χ3n) is 4.15. The molecular formula is C16H21ClFN3. The van der Waals surface area contributed by atoms with Gasteiger partial charge in [0.1, 0.15) is 11.6 Å². The van der Waals surface area contributed by atoms with Crippen molar-refractivity contribution in [1.82, 2.24) is 14.5 Å². The fourth-order valence-electron chi connectivity index (χ4n) is 3.11. The molecule has 1 aliphatic rings. The zero-order valence-electron chi connectivity index (χ0n) is 12.4. The van der Waals surface area contributed by atoms with E-state index in [1.54, 1.807) is 12.1 Å². The van der Waals surface area contributed by atoms with Crippen molar-refractivity contribution in [3.63, 3.8) is 0 Å². The highest BCUT2D eigenvalue weighted by Gasteiger charge is 2.16. The molecule has 1 aliphatic heterocycles. The monoisotopic (exact) mass is 309 g/mol. The third kappa shape index (κ3) is 3.22. The van der Waals surface area contributed by atoms with Crippen LogP contribution < -0.4 is 0 Å². The van der Waals surface area contributed by atoms with E-state index in [1.807, 2.05) is 6.92 Å². The minimum atomic E-state index is -0.225. The van der Waals surface area contributed by atoms with E-state index in [-0.39, 0.29) is 11.2 Å². The summed E-state index contributed by atoms with van der Waals surface area (Å²) in [5.41, 5.74) is 1.67. The molecule has 0 amide bonds. The van der Waals surface area contributed by atoms with Crippen LogP contribution in [-0.4, -0.2) is 34.1 Å². The van der Waals surface area contributed by atoms with Crippen molar-refractivity contribution in [3.8, 4) is 0 Å². The molecule has 114 valence electrons. The summed E-state index contributed by atoms with van der Waals surface area (Å²) in [5, 5.41) is -0.174. The number of nitrogens with zero attached hydrogens (tertiary/aromatic N) is 3. The fourth-order valence-corrected chi connectivity index (χ4v) is 3.28. The molecule has 3 nitrogen and oxygen atoms in total. The maximum absolute atomic E-state index is 13.5. The molecule has 2 aromatic rings. The molecule has 2 heterocycles. The molecule has 1 aromatic heterocycles. The number of benzene rings is 1. The van der Waals surface area contributed by atoms with E-state index in [0.29, 0.717) is 0 Å². The van der Waals surface area contributed by atoms with Gasteiger partial charge in [-0.15, -0.1) is 11.6 Å². The number of aromatic nitrogens is 2. The fraction of sp³-hybridized carbons (Fsp3) is 0.562. The van der Waals surface area contributed by atoms with E-state index >= 15 is 0 Å². The Balaban J connectivity index is 1.80. The lowest BCUT2D eigenvalue weighted by Gasteiger charge is -2.16. The predicted octanol–water partition coefficient (Wildman–Crippen LogP) is 3.96. The van der Waals surface area contributed by atoms with Gasteiger partial charge in [0, 0.05) is 6.54 Å². The first-order valence-corrected chi connectivity index (χ1v) is 8.11. The van der Waals surface area contributed by atoms with Crippen LogP contribution in [0.4, 0.5) is 4.39 Å². The summed E-state index contributed by atoms with van der Waals surface area (Å²) >= 11 is 6.24. The number of alkyl halides is 1. The molecule has 0 saturated carbocycles. The van der Waals surface area contributed by atoms with Crippen LogP contribution in [0.2, 0.25) is 0 Å². The van der Waals surface area contributed by atoms with Gasteiger partial charge in [-0.3, -0.25) is 0 Å². The third-order valence-corrected chi connectivity index (χ3v) is 4.35. The number of hydrogen-bond acceptors (Lipinski definition) is 2. The Labute approximate surface area is 129 Å². The second-order valence-electron chi connectivity index (χ2n) is 5.77. The number of aryl methyl sites for hydroxylation is 1. The molecular weight excluding hydrogens is 289 g/mol. The van der Waals surface area contributed by atoms with Crippen LogP contribution in [0.1, 0.15) is 37.4 Å². The van der Waals surface area contributed by atoms with Crippen LogP contribution >= 0.6 is 11.6 Å². The van der Waals surface area contributed by atoms with Gasteiger partial charge in [0.2, 0.25) is 0 Å². The minimum absolute atomic E-state index is 0.174. The lowest BCUT2D eigenvalue weighted by Crippen LogP contribution is -2.21. The maximum atomic E-state index is 13.5. The first-order chi connectivity index (χ1) is 10.1. The summed E-state index contributed by atoms with van der Waals surface area (Å²) in [4.78, 5) is 7.04. The molecule has 1 aromatic carbocycles. The van der Waals surface area contributed by atoms with Crippen molar-refractivity contribution in [2.45, 2.75) is 38.1 Å². The van der Waals surface area contributed by atoms with Crippen LogP contribution in [0.25, 0.3) is 11.0 Å². The van der Waals surface area contributed by atoms with Gasteiger partial charge in [-0.2, -0.15) is 0 Å². The summed E-state index contributed by atoms with van der Waals surface area (Å²) in [6.45, 7) is 6.25. The molecule has 3 rings (SSSR count). The van der Waals surface area contributed by atoms with Crippen molar-refractivity contribution in [2.24, 2.45) is 0 Å². The van der Waals surface area contributed by atoms with E-state index < -0.39 is 0 Å². The standard InChI is InChI=1S/C16H21ClFN3/c1-12(17)16-19-14-6-5-13(18)11-15(14)21(16)10-4-9-20-7-2-3-8-20/h5-6,11-12H,2-4,7-10H2,1H3. The van der Waals surface area contributed by atoms with Gasteiger partial charge in [0.25, 0.3) is 0 Å². The number of imidazole rings is 1. The largest absolute Gasteiger partial charge is 0.327 e. The van der Waals surface area contributed by atoms with E-state index in [4.69, 9.17) is 11.6 Å². The zero-order valence-corrected chi connectivity index (χ0v) is 13.1. The SMILES string of the molecule is CC(Cl)c1nc2ccc(F)cc2n1CCCN1CCCC1. The van der Waals surface area contributed by atoms with Crippen LogP contribution in [0, 0.1) is 5.82 Å². The lowest BCUT2D eigenvalue weighted by molar-refractivity contribution is 0.325. The van der Waals surface area contributed by atoms with Crippen molar-refractivity contribution in [2.75, 3.05) is 19.6 Å². The molecule has 0 aliphatic carbocycles. The Bertz CT molecular complexity index is 617. The van der Waals surface area contributed by atoms with Crippen LogP contribution in [0.3, 0.4) is 0 Å². The molecule has 0 spiro atoms. The van der Waals surface area contributed by atoms with Gasteiger partial charge in [-0.05, 0) is 64.0 Å². The molecule has 0 radical (unpaired) electrons. The molecule has 1 fully saturated rings. The van der Waals surface area contributed by atoms with E-state index in [0.717, 1.165) is 36.4 Å². The normalized spacial score (nSPS) is 17.7. The van der Waals surface area contributed by atoms with Crippen molar-refractivity contribution >= 4 is 22.6 Å². The van der Waals surface area contributed by atoms with Gasteiger partial charge in [0.15, 0.2) is 0 Å².